The molecule has 5 heteroatoms. The summed E-state index contributed by atoms with van der Waals surface area (Å²) in [5.74, 6) is 2.67. The van der Waals surface area contributed by atoms with Crippen molar-refractivity contribution in [3.8, 4) is 5.75 Å². The molecule has 4 nitrogen and oxygen atoms in total. The van der Waals surface area contributed by atoms with Gasteiger partial charge in [-0.25, -0.2) is 0 Å². The highest BCUT2D eigenvalue weighted by atomic mass is 32.2. The maximum atomic E-state index is 11.8. The monoisotopic (exact) mass is 252 g/mol. The molecule has 0 aliphatic carbocycles. The average molecular weight is 252 g/mol. The molecule has 4 N–H and O–H groups in total. The van der Waals surface area contributed by atoms with Gasteiger partial charge in [0.2, 0.25) is 0 Å². The summed E-state index contributed by atoms with van der Waals surface area (Å²) < 4.78 is 0. The SMILES string of the molecule is Nc1ccc(C(=O)NCC2CCSC2)cc1O. The zero-order valence-electron chi connectivity index (χ0n) is 9.48. The number of benzene rings is 1. The van der Waals surface area contributed by atoms with Crippen molar-refractivity contribution < 1.29 is 9.90 Å². The second-order valence-electron chi connectivity index (χ2n) is 4.21. The van der Waals surface area contributed by atoms with E-state index in [0.29, 0.717) is 18.0 Å². The Balaban J connectivity index is 1.92. The third-order valence-electron chi connectivity index (χ3n) is 2.87. The molecule has 1 aromatic carbocycles. The zero-order chi connectivity index (χ0) is 12.3. The Hall–Kier alpha value is -1.36. The zero-order valence-corrected chi connectivity index (χ0v) is 10.3. The van der Waals surface area contributed by atoms with Crippen LogP contribution in [0.2, 0.25) is 0 Å². The third kappa shape index (κ3) is 3.06. The maximum absolute atomic E-state index is 11.8. The molecule has 17 heavy (non-hydrogen) atoms. The van der Waals surface area contributed by atoms with E-state index >= 15 is 0 Å². The van der Waals surface area contributed by atoms with Crippen molar-refractivity contribution in [2.75, 3.05) is 23.8 Å². The van der Waals surface area contributed by atoms with Crippen LogP contribution in [0, 0.1) is 5.92 Å². The lowest BCUT2D eigenvalue weighted by Crippen LogP contribution is -2.29. The van der Waals surface area contributed by atoms with E-state index in [1.54, 1.807) is 6.07 Å². The van der Waals surface area contributed by atoms with E-state index in [1.807, 2.05) is 11.8 Å². The van der Waals surface area contributed by atoms with Gasteiger partial charge in [-0.3, -0.25) is 4.79 Å². The Kier molecular flexibility index (Phi) is 3.78. The summed E-state index contributed by atoms with van der Waals surface area (Å²) in [5, 5.41) is 12.3. The molecule has 1 heterocycles. The number of amides is 1. The van der Waals surface area contributed by atoms with Crippen LogP contribution in [0.25, 0.3) is 0 Å². The van der Waals surface area contributed by atoms with E-state index in [-0.39, 0.29) is 17.3 Å². The minimum atomic E-state index is -0.155. The average Bonchev–Trinajstić information content (AvgIpc) is 2.82. The highest BCUT2D eigenvalue weighted by Gasteiger charge is 2.16. The van der Waals surface area contributed by atoms with Gasteiger partial charge >= 0.3 is 0 Å². The summed E-state index contributed by atoms with van der Waals surface area (Å²) in [4.78, 5) is 11.8. The lowest BCUT2D eigenvalue weighted by molar-refractivity contribution is 0.0948. The largest absolute Gasteiger partial charge is 0.506 e. The molecule has 1 aliphatic rings. The van der Waals surface area contributed by atoms with Crippen LogP contribution in [0.5, 0.6) is 5.75 Å². The summed E-state index contributed by atoms with van der Waals surface area (Å²) in [6, 6.07) is 4.55. The van der Waals surface area contributed by atoms with E-state index in [9.17, 15) is 9.90 Å². The molecule has 1 saturated heterocycles. The van der Waals surface area contributed by atoms with Gasteiger partial charge in [-0.05, 0) is 42.0 Å². The van der Waals surface area contributed by atoms with E-state index in [0.717, 1.165) is 12.2 Å². The molecule has 0 spiro atoms. The number of phenols is 1. The number of phenolic OH excluding ortho intramolecular Hbond substituents is 1. The van der Waals surface area contributed by atoms with Gasteiger partial charge < -0.3 is 16.2 Å². The van der Waals surface area contributed by atoms with Gasteiger partial charge in [-0.1, -0.05) is 0 Å². The van der Waals surface area contributed by atoms with Crippen LogP contribution in [-0.4, -0.2) is 29.1 Å². The van der Waals surface area contributed by atoms with Crippen LogP contribution < -0.4 is 11.1 Å². The number of carbonyl (C=O) groups excluding carboxylic acids is 1. The Bertz CT molecular complexity index is 417. The number of nitrogen functional groups attached to an aromatic ring is 1. The minimum absolute atomic E-state index is 0.0472. The number of carbonyl (C=O) groups is 1. The van der Waals surface area contributed by atoms with Crippen molar-refractivity contribution in [3.63, 3.8) is 0 Å². The molecule has 92 valence electrons. The molecule has 1 atom stereocenters. The molecular weight excluding hydrogens is 236 g/mol. The standard InChI is InChI=1S/C12H16N2O2S/c13-10-2-1-9(5-11(10)15)12(16)14-6-8-3-4-17-7-8/h1-2,5,8,15H,3-4,6-7,13H2,(H,14,16). The number of nitrogens with one attached hydrogen (secondary N) is 1. The molecule has 0 saturated carbocycles. The lowest BCUT2D eigenvalue weighted by atomic mass is 10.1. The first kappa shape index (κ1) is 12.1. The number of hydrogen-bond acceptors (Lipinski definition) is 4. The molecule has 0 radical (unpaired) electrons. The fraction of sp³-hybridized carbons (Fsp3) is 0.417. The number of anilines is 1. The van der Waals surface area contributed by atoms with Crippen molar-refractivity contribution in [1.82, 2.24) is 5.32 Å². The maximum Gasteiger partial charge on any atom is 0.251 e. The van der Waals surface area contributed by atoms with Gasteiger partial charge in [0.05, 0.1) is 5.69 Å². The number of aromatic hydroxyl groups is 1. The van der Waals surface area contributed by atoms with Crippen molar-refractivity contribution in [1.29, 1.82) is 0 Å². The van der Waals surface area contributed by atoms with Crippen LogP contribution in [0.15, 0.2) is 18.2 Å². The van der Waals surface area contributed by atoms with E-state index in [2.05, 4.69) is 5.32 Å². The van der Waals surface area contributed by atoms with Gasteiger partial charge in [0.15, 0.2) is 0 Å². The van der Waals surface area contributed by atoms with Gasteiger partial charge in [0.25, 0.3) is 5.91 Å². The Morgan fingerprint density at radius 2 is 2.41 bits per heavy atom. The third-order valence-corrected chi connectivity index (χ3v) is 4.10. The summed E-state index contributed by atoms with van der Waals surface area (Å²) >= 11 is 1.93. The van der Waals surface area contributed by atoms with Crippen LogP contribution in [0.3, 0.4) is 0 Å². The molecule has 1 aromatic rings. The van der Waals surface area contributed by atoms with Gasteiger partial charge in [0, 0.05) is 12.1 Å². The van der Waals surface area contributed by atoms with E-state index in [1.165, 1.54) is 17.9 Å². The fourth-order valence-electron chi connectivity index (χ4n) is 1.77. The van der Waals surface area contributed by atoms with Crippen molar-refractivity contribution >= 4 is 23.4 Å². The minimum Gasteiger partial charge on any atom is -0.506 e. The first-order valence-electron chi connectivity index (χ1n) is 5.61. The second-order valence-corrected chi connectivity index (χ2v) is 5.36. The van der Waals surface area contributed by atoms with Gasteiger partial charge in [-0.15, -0.1) is 0 Å². The first-order chi connectivity index (χ1) is 8.16. The molecule has 1 amide bonds. The van der Waals surface area contributed by atoms with Crippen LogP contribution in [0.1, 0.15) is 16.8 Å². The Morgan fingerprint density at radius 1 is 1.59 bits per heavy atom. The Labute approximate surface area is 105 Å². The van der Waals surface area contributed by atoms with Crippen LogP contribution >= 0.6 is 11.8 Å². The highest BCUT2D eigenvalue weighted by molar-refractivity contribution is 7.99. The molecule has 0 bridgehead atoms. The highest BCUT2D eigenvalue weighted by Crippen LogP contribution is 2.23. The molecule has 1 unspecified atom stereocenters. The summed E-state index contributed by atoms with van der Waals surface area (Å²) in [6.45, 7) is 0.705. The molecule has 1 aliphatic heterocycles. The summed E-state index contributed by atoms with van der Waals surface area (Å²) in [6.07, 6.45) is 1.16. The van der Waals surface area contributed by atoms with Crippen LogP contribution in [-0.2, 0) is 0 Å². The lowest BCUT2D eigenvalue weighted by Gasteiger charge is -2.10. The molecule has 2 rings (SSSR count). The molecule has 1 fully saturated rings. The Morgan fingerprint density at radius 3 is 3.06 bits per heavy atom. The van der Waals surface area contributed by atoms with Gasteiger partial charge in [-0.2, -0.15) is 11.8 Å². The van der Waals surface area contributed by atoms with E-state index in [4.69, 9.17) is 5.73 Å². The number of nitrogens with two attached hydrogens (primary N) is 1. The number of hydrogen-bond donors (Lipinski definition) is 3. The predicted octanol–water partition coefficient (Wildman–Crippen LogP) is 1.46. The first-order valence-corrected chi connectivity index (χ1v) is 6.76. The fourth-order valence-corrected chi connectivity index (χ4v) is 3.05. The smallest absolute Gasteiger partial charge is 0.251 e. The van der Waals surface area contributed by atoms with E-state index < -0.39 is 0 Å². The topological polar surface area (TPSA) is 75.4 Å². The van der Waals surface area contributed by atoms with Crippen molar-refractivity contribution in [2.24, 2.45) is 5.92 Å². The molecule has 0 aromatic heterocycles. The van der Waals surface area contributed by atoms with Crippen molar-refractivity contribution in [3.05, 3.63) is 23.8 Å². The summed E-state index contributed by atoms with van der Waals surface area (Å²) in [7, 11) is 0. The quantitative estimate of drug-likeness (QED) is 0.562. The summed E-state index contributed by atoms with van der Waals surface area (Å²) in [5.41, 5.74) is 6.21. The number of rotatable bonds is 3. The molecular formula is C12H16N2O2S. The second kappa shape index (κ2) is 5.31. The number of thioether (sulfide) groups is 1. The van der Waals surface area contributed by atoms with Crippen LogP contribution in [0.4, 0.5) is 5.69 Å². The van der Waals surface area contributed by atoms with Crippen molar-refractivity contribution in [2.45, 2.75) is 6.42 Å². The normalized spacial score (nSPS) is 19.2. The predicted molar refractivity (Wildman–Crippen MR) is 70.3 cm³/mol. The van der Waals surface area contributed by atoms with Gasteiger partial charge in [0.1, 0.15) is 5.75 Å².